The topological polar surface area (TPSA) is 49.2 Å². The van der Waals surface area contributed by atoms with E-state index in [0.29, 0.717) is 6.04 Å². The minimum absolute atomic E-state index is 0.366. The zero-order valence-electron chi connectivity index (χ0n) is 13.1. The number of benzene rings is 1. The highest BCUT2D eigenvalue weighted by molar-refractivity contribution is 5.77. The third kappa shape index (κ3) is 2.57. The van der Waals surface area contributed by atoms with Crippen molar-refractivity contribution in [1.82, 2.24) is 14.5 Å². The van der Waals surface area contributed by atoms with Gasteiger partial charge in [-0.2, -0.15) is 0 Å². The lowest BCUT2D eigenvalue weighted by Gasteiger charge is -2.25. The van der Waals surface area contributed by atoms with E-state index in [1.807, 2.05) is 36.5 Å². The van der Waals surface area contributed by atoms with Crippen LogP contribution in [0.25, 0.3) is 22.6 Å². The third-order valence-corrected chi connectivity index (χ3v) is 4.33. The van der Waals surface area contributed by atoms with Crippen molar-refractivity contribution in [1.29, 1.82) is 0 Å². The summed E-state index contributed by atoms with van der Waals surface area (Å²) in [4.78, 5) is 9.41. The van der Waals surface area contributed by atoms with Gasteiger partial charge in [0.25, 0.3) is 0 Å². The van der Waals surface area contributed by atoms with Gasteiger partial charge in [-0.25, -0.2) is 9.97 Å². The number of methoxy groups -OCH3 is 1. The van der Waals surface area contributed by atoms with E-state index in [1.54, 1.807) is 7.11 Å². The van der Waals surface area contributed by atoms with Crippen molar-refractivity contribution < 1.29 is 9.47 Å². The third-order valence-electron chi connectivity index (χ3n) is 4.33. The highest BCUT2D eigenvalue weighted by Crippen LogP contribution is 2.33. The van der Waals surface area contributed by atoms with Crippen LogP contribution in [-0.4, -0.2) is 34.9 Å². The molecule has 2 aromatic heterocycles. The van der Waals surface area contributed by atoms with Crippen molar-refractivity contribution in [2.45, 2.75) is 18.9 Å². The summed E-state index contributed by atoms with van der Waals surface area (Å²) in [5.41, 5.74) is 2.92. The molecule has 0 spiro atoms. The summed E-state index contributed by atoms with van der Waals surface area (Å²) < 4.78 is 13.2. The van der Waals surface area contributed by atoms with Gasteiger partial charge in [0.05, 0.1) is 7.11 Å². The molecule has 0 aliphatic carbocycles. The first-order valence-electron chi connectivity index (χ1n) is 7.92. The molecule has 23 heavy (non-hydrogen) atoms. The van der Waals surface area contributed by atoms with E-state index < -0.39 is 0 Å². The molecule has 118 valence electrons. The Labute approximate surface area is 134 Å². The van der Waals surface area contributed by atoms with Crippen molar-refractivity contribution >= 4 is 11.2 Å². The normalized spacial score (nSPS) is 15.9. The maximum atomic E-state index is 5.52. The maximum absolute atomic E-state index is 5.52. The second-order valence-electron chi connectivity index (χ2n) is 5.73. The van der Waals surface area contributed by atoms with Gasteiger partial charge in [0, 0.05) is 31.0 Å². The molecule has 0 unspecified atom stereocenters. The fourth-order valence-electron chi connectivity index (χ4n) is 3.18. The summed E-state index contributed by atoms with van der Waals surface area (Å²) >= 11 is 0. The minimum Gasteiger partial charge on any atom is -0.497 e. The van der Waals surface area contributed by atoms with Gasteiger partial charge in [-0.1, -0.05) is 12.1 Å². The molecule has 0 N–H and O–H groups in total. The number of nitrogens with zero attached hydrogens (tertiary/aromatic N) is 3. The first-order chi connectivity index (χ1) is 11.4. The van der Waals surface area contributed by atoms with Gasteiger partial charge in [-0.15, -0.1) is 0 Å². The van der Waals surface area contributed by atoms with Gasteiger partial charge in [0.1, 0.15) is 17.1 Å². The van der Waals surface area contributed by atoms with Crippen molar-refractivity contribution in [2.24, 2.45) is 0 Å². The van der Waals surface area contributed by atoms with Crippen molar-refractivity contribution in [2.75, 3.05) is 20.3 Å². The van der Waals surface area contributed by atoms with Crippen molar-refractivity contribution in [3.8, 4) is 17.1 Å². The number of imidazole rings is 1. The van der Waals surface area contributed by atoms with Crippen LogP contribution in [0.15, 0.2) is 42.6 Å². The number of rotatable bonds is 3. The number of pyridine rings is 1. The Morgan fingerprint density at radius 1 is 1.17 bits per heavy atom. The molecule has 4 rings (SSSR count). The molecule has 0 atom stereocenters. The van der Waals surface area contributed by atoms with E-state index in [-0.39, 0.29) is 0 Å². The molecule has 1 fully saturated rings. The molecule has 0 amide bonds. The van der Waals surface area contributed by atoms with Crippen LogP contribution in [0.5, 0.6) is 5.75 Å². The predicted octanol–water partition coefficient (Wildman–Crippen LogP) is 3.46. The second-order valence-corrected chi connectivity index (χ2v) is 5.73. The van der Waals surface area contributed by atoms with E-state index in [9.17, 15) is 0 Å². The molecule has 0 radical (unpaired) electrons. The smallest absolute Gasteiger partial charge is 0.160 e. The first kappa shape index (κ1) is 14.2. The number of hydrogen-bond acceptors (Lipinski definition) is 4. The molecule has 1 saturated heterocycles. The van der Waals surface area contributed by atoms with Gasteiger partial charge in [0.15, 0.2) is 5.65 Å². The van der Waals surface area contributed by atoms with E-state index >= 15 is 0 Å². The standard InChI is InChI=1S/C18H19N3O2/c1-22-15-5-2-4-13(12-15)17-20-16-6-3-9-19-18(16)21(17)14-7-10-23-11-8-14/h2-6,9,12,14H,7-8,10-11H2,1H3. The second kappa shape index (κ2) is 6.01. The molecule has 3 heterocycles. The Morgan fingerprint density at radius 2 is 2.04 bits per heavy atom. The van der Waals surface area contributed by atoms with Gasteiger partial charge in [-0.3, -0.25) is 0 Å². The minimum atomic E-state index is 0.366. The molecule has 1 aliphatic rings. The number of fused-ring (bicyclic) bond motifs is 1. The van der Waals surface area contributed by atoms with Crippen molar-refractivity contribution in [3.63, 3.8) is 0 Å². The lowest BCUT2D eigenvalue weighted by molar-refractivity contribution is 0.0708. The lowest BCUT2D eigenvalue weighted by atomic mass is 10.1. The van der Waals surface area contributed by atoms with Gasteiger partial charge in [0.2, 0.25) is 0 Å². The summed E-state index contributed by atoms with van der Waals surface area (Å²) in [6, 6.07) is 12.3. The first-order valence-corrected chi connectivity index (χ1v) is 7.92. The molecule has 0 bridgehead atoms. The molecule has 5 nitrogen and oxygen atoms in total. The average molecular weight is 309 g/mol. The monoisotopic (exact) mass is 309 g/mol. The quantitative estimate of drug-likeness (QED) is 0.743. The van der Waals surface area contributed by atoms with Crippen LogP contribution in [0, 0.1) is 0 Å². The molecular weight excluding hydrogens is 290 g/mol. The Morgan fingerprint density at radius 3 is 2.87 bits per heavy atom. The van der Waals surface area contributed by atoms with Crippen LogP contribution in [0.3, 0.4) is 0 Å². The summed E-state index contributed by atoms with van der Waals surface area (Å²) in [6.07, 6.45) is 3.80. The van der Waals surface area contributed by atoms with Crippen LogP contribution in [0.4, 0.5) is 0 Å². The Balaban J connectivity index is 1.90. The summed E-state index contributed by atoms with van der Waals surface area (Å²) in [5, 5.41) is 0. The summed E-state index contributed by atoms with van der Waals surface area (Å²) in [5.74, 6) is 1.78. The maximum Gasteiger partial charge on any atom is 0.160 e. The molecule has 0 saturated carbocycles. The Bertz CT molecular complexity index is 822. The molecular formula is C18H19N3O2. The molecule has 1 aromatic carbocycles. The van der Waals surface area contributed by atoms with Crippen molar-refractivity contribution in [3.05, 3.63) is 42.6 Å². The van der Waals surface area contributed by atoms with Crippen LogP contribution >= 0.6 is 0 Å². The van der Waals surface area contributed by atoms with Gasteiger partial charge >= 0.3 is 0 Å². The zero-order valence-corrected chi connectivity index (χ0v) is 13.1. The predicted molar refractivity (Wildman–Crippen MR) is 88.6 cm³/mol. The Hall–Kier alpha value is -2.40. The zero-order chi connectivity index (χ0) is 15.6. The van der Waals surface area contributed by atoms with E-state index in [4.69, 9.17) is 14.5 Å². The molecule has 3 aromatic rings. The fourth-order valence-corrected chi connectivity index (χ4v) is 3.18. The summed E-state index contributed by atoms with van der Waals surface area (Å²) in [6.45, 7) is 1.57. The molecule has 1 aliphatic heterocycles. The fraction of sp³-hybridized carbons (Fsp3) is 0.333. The average Bonchev–Trinajstić information content (AvgIpc) is 3.02. The van der Waals surface area contributed by atoms with Gasteiger partial charge in [-0.05, 0) is 37.1 Å². The van der Waals surface area contributed by atoms with Crippen LogP contribution in [0.1, 0.15) is 18.9 Å². The number of aromatic nitrogens is 3. The number of ether oxygens (including phenoxy) is 2. The largest absolute Gasteiger partial charge is 0.497 e. The molecule has 5 heteroatoms. The van der Waals surface area contributed by atoms with E-state index in [1.165, 1.54) is 0 Å². The highest BCUT2D eigenvalue weighted by atomic mass is 16.5. The SMILES string of the molecule is COc1cccc(-c2nc3cccnc3n2C2CCOCC2)c1. The number of hydrogen-bond donors (Lipinski definition) is 0. The lowest BCUT2D eigenvalue weighted by Crippen LogP contribution is -2.20. The van der Waals surface area contributed by atoms with E-state index in [0.717, 1.165) is 54.4 Å². The highest BCUT2D eigenvalue weighted by Gasteiger charge is 2.23. The van der Waals surface area contributed by atoms with Gasteiger partial charge < -0.3 is 14.0 Å². The Kier molecular flexibility index (Phi) is 3.71. The van der Waals surface area contributed by atoms with E-state index in [2.05, 4.69) is 15.6 Å². The summed E-state index contributed by atoms with van der Waals surface area (Å²) in [7, 11) is 1.68. The van der Waals surface area contributed by atoms with Crippen LogP contribution < -0.4 is 4.74 Å². The van der Waals surface area contributed by atoms with Crippen LogP contribution in [-0.2, 0) is 4.74 Å². The van der Waals surface area contributed by atoms with Crippen LogP contribution in [0.2, 0.25) is 0 Å².